The number of likely N-dealkylation sites (N-methyl/N-ethyl adjacent to an activating group) is 1. The number of hydrogen-bond donors (Lipinski definition) is 2. The molecule has 1 aliphatic heterocycles. The van der Waals surface area contributed by atoms with Crippen LogP contribution in [0.15, 0.2) is 18.2 Å². The van der Waals surface area contributed by atoms with Gasteiger partial charge in [0.1, 0.15) is 5.75 Å². The second-order valence-corrected chi connectivity index (χ2v) is 5.19. The standard InChI is InChI=1S/C15H23N3O2/c1-17-10-15(19)18-7-5-11(6-8-18)12-3-4-13(16)14(9-12)20-2/h3-4,9,11,17H,5-8,10,16H2,1-2H3. The summed E-state index contributed by atoms with van der Waals surface area (Å²) in [6, 6.07) is 5.98. The predicted octanol–water partition coefficient (Wildman–Crippen LogP) is 1.20. The molecule has 1 amide bonds. The van der Waals surface area contributed by atoms with Crippen LogP contribution in [0.25, 0.3) is 0 Å². The topological polar surface area (TPSA) is 67.6 Å². The zero-order valence-electron chi connectivity index (χ0n) is 12.2. The van der Waals surface area contributed by atoms with Gasteiger partial charge < -0.3 is 20.7 Å². The molecule has 0 atom stereocenters. The van der Waals surface area contributed by atoms with Gasteiger partial charge in [-0.1, -0.05) is 6.07 Å². The molecule has 1 aromatic rings. The van der Waals surface area contributed by atoms with Crippen LogP contribution in [0.1, 0.15) is 24.3 Å². The molecule has 0 bridgehead atoms. The highest BCUT2D eigenvalue weighted by Crippen LogP contribution is 2.32. The molecule has 1 heterocycles. The number of carbonyl (C=O) groups is 1. The lowest BCUT2D eigenvalue weighted by Gasteiger charge is -2.32. The molecule has 0 unspecified atom stereocenters. The van der Waals surface area contributed by atoms with Crippen LogP contribution in [-0.2, 0) is 4.79 Å². The number of rotatable bonds is 4. The molecule has 5 heteroatoms. The van der Waals surface area contributed by atoms with Crippen molar-refractivity contribution in [3.63, 3.8) is 0 Å². The summed E-state index contributed by atoms with van der Waals surface area (Å²) in [5.74, 6) is 1.39. The van der Waals surface area contributed by atoms with Crippen LogP contribution >= 0.6 is 0 Å². The molecular weight excluding hydrogens is 254 g/mol. The van der Waals surface area contributed by atoms with E-state index in [9.17, 15) is 4.79 Å². The fraction of sp³-hybridized carbons (Fsp3) is 0.533. The van der Waals surface area contributed by atoms with Gasteiger partial charge in [-0.25, -0.2) is 0 Å². The number of benzene rings is 1. The molecule has 0 saturated carbocycles. The Kier molecular flexibility index (Phi) is 4.84. The number of methoxy groups -OCH3 is 1. The minimum atomic E-state index is 0.181. The quantitative estimate of drug-likeness (QED) is 0.812. The molecule has 3 N–H and O–H groups in total. The minimum absolute atomic E-state index is 0.181. The summed E-state index contributed by atoms with van der Waals surface area (Å²) in [5.41, 5.74) is 7.75. The lowest BCUT2D eigenvalue weighted by atomic mass is 9.89. The summed E-state index contributed by atoms with van der Waals surface area (Å²) in [5, 5.41) is 2.91. The molecule has 20 heavy (non-hydrogen) atoms. The molecule has 1 saturated heterocycles. The molecule has 0 spiro atoms. The molecule has 1 fully saturated rings. The third-order valence-corrected chi connectivity index (χ3v) is 3.90. The molecule has 0 radical (unpaired) electrons. The first-order valence-corrected chi connectivity index (χ1v) is 7.01. The van der Waals surface area contributed by atoms with Gasteiger partial charge in [-0.15, -0.1) is 0 Å². The number of piperidine rings is 1. The highest BCUT2D eigenvalue weighted by molar-refractivity contribution is 5.78. The molecule has 0 aliphatic carbocycles. The van der Waals surface area contributed by atoms with Crippen molar-refractivity contribution in [1.82, 2.24) is 10.2 Å². The van der Waals surface area contributed by atoms with Gasteiger partial charge in [0, 0.05) is 13.1 Å². The number of nitrogens with two attached hydrogens (primary N) is 1. The summed E-state index contributed by atoms with van der Waals surface area (Å²) < 4.78 is 5.27. The predicted molar refractivity (Wildman–Crippen MR) is 79.9 cm³/mol. The minimum Gasteiger partial charge on any atom is -0.495 e. The van der Waals surface area contributed by atoms with Gasteiger partial charge in [-0.3, -0.25) is 4.79 Å². The van der Waals surface area contributed by atoms with Crippen molar-refractivity contribution in [1.29, 1.82) is 0 Å². The van der Waals surface area contributed by atoms with Gasteiger partial charge in [0.15, 0.2) is 0 Å². The van der Waals surface area contributed by atoms with Crippen LogP contribution in [0.5, 0.6) is 5.75 Å². The smallest absolute Gasteiger partial charge is 0.236 e. The normalized spacial score (nSPS) is 16.2. The van der Waals surface area contributed by atoms with Crippen molar-refractivity contribution < 1.29 is 9.53 Å². The van der Waals surface area contributed by atoms with Crippen LogP contribution in [0.3, 0.4) is 0 Å². The number of ether oxygens (including phenoxy) is 1. The van der Waals surface area contributed by atoms with Crippen LogP contribution < -0.4 is 15.8 Å². The number of amides is 1. The Labute approximate surface area is 120 Å². The number of likely N-dealkylation sites (tertiary alicyclic amines) is 1. The molecule has 2 rings (SSSR count). The Balaban J connectivity index is 1.98. The summed E-state index contributed by atoms with van der Waals surface area (Å²) in [6.45, 7) is 2.05. The zero-order valence-corrected chi connectivity index (χ0v) is 12.2. The Morgan fingerprint density at radius 2 is 2.15 bits per heavy atom. The van der Waals surface area contributed by atoms with Crippen molar-refractivity contribution in [3.05, 3.63) is 23.8 Å². The maximum Gasteiger partial charge on any atom is 0.236 e. The second kappa shape index (κ2) is 6.61. The van der Waals surface area contributed by atoms with E-state index in [2.05, 4.69) is 11.4 Å². The van der Waals surface area contributed by atoms with Crippen LogP contribution in [0.2, 0.25) is 0 Å². The van der Waals surface area contributed by atoms with Crippen LogP contribution in [0.4, 0.5) is 5.69 Å². The molecular formula is C15H23N3O2. The number of anilines is 1. The highest BCUT2D eigenvalue weighted by Gasteiger charge is 2.23. The molecule has 1 aromatic carbocycles. The first-order valence-electron chi connectivity index (χ1n) is 7.01. The van der Waals surface area contributed by atoms with E-state index in [1.54, 1.807) is 14.2 Å². The molecule has 5 nitrogen and oxygen atoms in total. The van der Waals surface area contributed by atoms with Gasteiger partial charge in [0.2, 0.25) is 5.91 Å². The second-order valence-electron chi connectivity index (χ2n) is 5.19. The largest absolute Gasteiger partial charge is 0.495 e. The van der Waals surface area contributed by atoms with E-state index < -0.39 is 0 Å². The lowest BCUT2D eigenvalue weighted by Crippen LogP contribution is -2.41. The van der Waals surface area contributed by atoms with E-state index in [0.717, 1.165) is 31.7 Å². The summed E-state index contributed by atoms with van der Waals surface area (Å²) in [6.07, 6.45) is 1.98. The molecule has 110 valence electrons. The molecule has 0 aromatic heterocycles. The summed E-state index contributed by atoms with van der Waals surface area (Å²) >= 11 is 0. The maximum atomic E-state index is 11.8. The van der Waals surface area contributed by atoms with E-state index in [4.69, 9.17) is 10.5 Å². The Morgan fingerprint density at radius 3 is 2.75 bits per heavy atom. The average Bonchev–Trinajstić information content (AvgIpc) is 2.48. The molecule has 1 aliphatic rings. The number of nitrogens with zero attached hydrogens (tertiary/aromatic N) is 1. The third kappa shape index (κ3) is 3.22. The van der Waals surface area contributed by atoms with Crippen molar-refractivity contribution >= 4 is 11.6 Å². The van der Waals surface area contributed by atoms with Crippen molar-refractivity contribution in [3.8, 4) is 5.75 Å². The van der Waals surface area contributed by atoms with Gasteiger partial charge in [0.25, 0.3) is 0 Å². The Morgan fingerprint density at radius 1 is 1.45 bits per heavy atom. The van der Waals surface area contributed by atoms with Gasteiger partial charge >= 0.3 is 0 Å². The van der Waals surface area contributed by atoms with E-state index in [0.29, 0.717) is 18.2 Å². The first kappa shape index (κ1) is 14.7. The summed E-state index contributed by atoms with van der Waals surface area (Å²) in [7, 11) is 3.43. The zero-order chi connectivity index (χ0) is 14.5. The van der Waals surface area contributed by atoms with Gasteiger partial charge in [-0.05, 0) is 43.5 Å². The Hall–Kier alpha value is -1.75. The van der Waals surface area contributed by atoms with Crippen molar-refractivity contribution in [2.24, 2.45) is 0 Å². The lowest BCUT2D eigenvalue weighted by molar-refractivity contribution is -0.131. The van der Waals surface area contributed by atoms with E-state index in [1.165, 1.54) is 5.56 Å². The van der Waals surface area contributed by atoms with Crippen molar-refractivity contribution in [2.75, 3.05) is 39.5 Å². The van der Waals surface area contributed by atoms with E-state index in [1.807, 2.05) is 17.0 Å². The van der Waals surface area contributed by atoms with Crippen LogP contribution in [0, 0.1) is 0 Å². The van der Waals surface area contributed by atoms with E-state index in [-0.39, 0.29) is 5.91 Å². The van der Waals surface area contributed by atoms with Gasteiger partial charge in [-0.2, -0.15) is 0 Å². The monoisotopic (exact) mass is 277 g/mol. The number of hydrogen-bond acceptors (Lipinski definition) is 4. The average molecular weight is 277 g/mol. The highest BCUT2D eigenvalue weighted by atomic mass is 16.5. The Bertz CT molecular complexity index is 468. The number of carbonyl (C=O) groups excluding carboxylic acids is 1. The number of nitrogen functional groups attached to an aromatic ring is 1. The van der Waals surface area contributed by atoms with Crippen molar-refractivity contribution in [2.45, 2.75) is 18.8 Å². The van der Waals surface area contributed by atoms with Gasteiger partial charge in [0.05, 0.1) is 19.3 Å². The van der Waals surface area contributed by atoms with E-state index >= 15 is 0 Å². The maximum absolute atomic E-state index is 11.8. The SMILES string of the molecule is CNCC(=O)N1CCC(c2ccc(N)c(OC)c2)CC1. The first-order chi connectivity index (χ1) is 9.65. The fourth-order valence-corrected chi connectivity index (χ4v) is 2.71. The number of nitrogens with one attached hydrogen (secondary N) is 1. The third-order valence-electron chi connectivity index (χ3n) is 3.90. The summed E-state index contributed by atoms with van der Waals surface area (Å²) in [4.78, 5) is 13.7. The van der Waals surface area contributed by atoms with Crippen LogP contribution in [-0.4, -0.2) is 44.6 Å². The fourth-order valence-electron chi connectivity index (χ4n) is 2.71.